The number of Topliss-reactive ketones (excluding diaryl/α,β-unsaturated/α-hetero) is 1. The number of carbonyl (C=O) groups is 1. The zero-order valence-corrected chi connectivity index (χ0v) is 10.3. The molecule has 1 heteroatoms. The Labute approximate surface area is 93.9 Å². The summed E-state index contributed by atoms with van der Waals surface area (Å²) in [7, 11) is 0. The van der Waals surface area contributed by atoms with Gasteiger partial charge in [0.25, 0.3) is 0 Å². The summed E-state index contributed by atoms with van der Waals surface area (Å²) in [5, 5.41) is 0. The third-order valence-electron chi connectivity index (χ3n) is 3.31. The molecule has 0 N–H and O–H groups in total. The number of carbonyl (C=O) groups excluding carboxylic acids is 1. The predicted octanol–water partition coefficient (Wildman–Crippen LogP) is 3.98. The number of ketones is 1. The van der Waals surface area contributed by atoms with Crippen LogP contribution in [0.3, 0.4) is 0 Å². The van der Waals surface area contributed by atoms with E-state index >= 15 is 0 Å². The molecule has 0 radical (unpaired) electrons. The fraction of sp³-hybridized carbons (Fsp3) is 0.786. The van der Waals surface area contributed by atoms with E-state index in [4.69, 9.17) is 0 Å². The van der Waals surface area contributed by atoms with Crippen molar-refractivity contribution in [3.63, 3.8) is 0 Å². The second kappa shape index (κ2) is 6.09. The molecule has 1 fully saturated rings. The van der Waals surface area contributed by atoms with Gasteiger partial charge in [-0.05, 0) is 37.5 Å². The monoisotopic (exact) mass is 208 g/mol. The zero-order valence-electron chi connectivity index (χ0n) is 10.3. The molecule has 15 heavy (non-hydrogen) atoms. The third kappa shape index (κ3) is 3.81. The van der Waals surface area contributed by atoms with Gasteiger partial charge in [-0.3, -0.25) is 4.79 Å². The van der Waals surface area contributed by atoms with Crippen LogP contribution in [-0.2, 0) is 4.79 Å². The first-order valence-corrected chi connectivity index (χ1v) is 6.32. The molecule has 0 aromatic heterocycles. The van der Waals surface area contributed by atoms with Gasteiger partial charge < -0.3 is 0 Å². The minimum atomic E-state index is 0.329. The Balaban J connectivity index is 2.49. The van der Waals surface area contributed by atoms with E-state index in [1.807, 2.05) is 0 Å². The molecule has 0 spiro atoms. The van der Waals surface area contributed by atoms with Gasteiger partial charge in [-0.1, -0.05) is 32.9 Å². The Morgan fingerprint density at radius 2 is 2.13 bits per heavy atom. The number of hydrogen-bond acceptors (Lipinski definition) is 1. The highest BCUT2D eigenvalue weighted by atomic mass is 16.1. The van der Waals surface area contributed by atoms with E-state index in [1.54, 1.807) is 0 Å². The van der Waals surface area contributed by atoms with Gasteiger partial charge in [0.15, 0.2) is 0 Å². The van der Waals surface area contributed by atoms with Crippen LogP contribution >= 0.6 is 0 Å². The van der Waals surface area contributed by atoms with Crippen molar-refractivity contribution in [1.82, 2.24) is 0 Å². The van der Waals surface area contributed by atoms with Crippen LogP contribution in [0.2, 0.25) is 0 Å². The van der Waals surface area contributed by atoms with Crippen LogP contribution in [0.1, 0.15) is 52.9 Å². The number of hydrogen-bond donors (Lipinski definition) is 0. The Hall–Kier alpha value is -0.590. The molecule has 1 aliphatic rings. The van der Waals surface area contributed by atoms with Crippen molar-refractivity contribution in [3.8, 4) is 0 Å². The second-order valence-corrected chi connectivity index (χ2v) is 5.12. The summed E-state index contributed by atoms with van der Waals surface area (Å²) < 4.78 is 0. The largest absolute Gasteiger partial charge is 0.299 e. The Morgan fingerprint density at radius 3 is 2.73 bits per heavy atom. The molecular formula is C14H24O. The summed E-state index contributed by atoms with van der Waals surface area (Å²) in [4.78, 5) is 11.7. The van der Waals surface area contributed by atoms with Crippen molar-refractivity contribution < 1.29 is 4.79 Å². The van der Waals surface area contributed by atoms with Crippen molar-refractivity contribution in [3.05, 3.63) is 12.2 Å². The first kappa shape index (κ1) is 12.5. The van der Waals surface area contributed by atoms with Crippen molar-refractivity contribution in [2.45, 2.75) is 52.9 Å². The topological polar surface area (TPSA) is 17.1 Å². The minimum absolute atomic E-state index is 0.329. The third-order valence-corrected chi connectivity index (χ3v) is 3.31. The highest BCUT2D eigenvalue weighted by molar-refractivity contribution is 5.83. The highest BCUT2D eigenvalue weighted by Crippen LogP contribution is 2.35. The van der Waals surface area contributed by atoms with Gasteiger partial charge >= 0.3 is 0 Å². The maximum Gasteiger partial charge on any atom is 0.136 e. The summed E-state index contributed by atoms with van der Waals surface area (Å²) in [6, 6.07) is 0. The van der Waals surface area contributed by atoms with Crippen LogP contribution in [0.5, 0.6) is 0 Å². The molecule has 0 bridgehead atoms. The van der Waals surface area contributed by atoms with E-state index in [0.717, 1.165) is 31.6 Å². The molecule has 2 atom stereocenters. The molecule has 0 aliphatic heterocycles. The van der Waals surface area contributed by atoms with Crippen molar-refractivity contribution in [2.75, 3.05) is 0 Å². The molecule has 1 nitrogen and oxygen atoms in total. The normalized spacial score (nSPS) is 27.1. The fourth-order valence-corrected chi connectivity index (χ4v) is 2.60. The van der Waals surface area contributed by atoms with Gasteiger partial charge in [0.1, 0.15) is 5.78 Å². The van der Waals surface area contributed by atoms with Gasteiger partial charge in [0.05, 0.1) is 0 Å². The molecule has 1 aliphatic carbocycles. The van der Waals surface area contributed by atoms with E-state index < -0.39 is 0 Å². The maximum absolute atomic E-state index is 11.7. The Kier molecular flexibility index (Phi) is 5.07. The van der Waals surface area contributed by atoms with E-state index in [-0.39, 0.29) is 0 Å². The van der Waals surface area contributed by atoms with E-state index in [1.165, 1.54) is 6.42 Å². The minimum Gasteiger partial charge on any atom is -0.299 e. The average Bonchev–Trinajstić information content (AvgIpc) is 2.49. The summed E-state index contributed by atoms with van der Waals surface area (Å²) in [6.45, 7) is 6.64. The van der Waals surface area contributed by atoms with E-state index in [9.17, 15) is 4.79 Å². The quantitative estimate of drug-likeness (QED) is 0.624. The van der Waals surface area contributed by atoms with Crippen LogP contribution in [0.25, 0.3) is 0 Å². The lowest BCUT2D eigenvalue weighted by Crippen LogP contribution is -2.15. The maximum atomic E-state index is 11.7. The molecule has 0 aromatic carbocycles. The number of allylic oxidation sites excluding steroid dienone is 2. The SMILES string of the molecule is CC/C=C\C[C@@H]1C(=O)CC[C@H]1CC(C)C. The first-order valence-electron chi connectivity index (χ1n) is 6.32. The zero-order chi connectivity index (χ0) is 11.3. The van der Waals surface area contributed by atoms with Crippen molar-refractivity contribution in [1.29, 1.82) is 0 Å². The lowest BCUT2D eigenvalue weighted by atomic mass is 9.86. The fourth-order valence-electron chi connectivity index (χ4n) is 2.60. The first-order chi connectivity index (χ1) is 7.15. The Bertz CT molecular complexity index is 227. The van der Waals surface area contributed by atoms with Crippen molar-refractivity contribution in [2.24, 2.45) is 17.8 Å². The van der Waals surface area contributed by atoms with Crippen LogP contribution in [-0.4, -0.2) is 5.78 Å². The van der Waals surface area contributed by atoms with Gasteiger partial charge in [-0.15, -0.1) is 0 Å². The molecular weight excluding hydrogens is 184 g/mol. The molecule has 1 rings (SSSR count). The van der Waals surface area contributed by atoms with Crippen LogP contribution < -0.4 is 0 Å². The molecule has 86 valence electrons. The molecule has 1 saturated carbocycles. The summed E-state index contributed by atoms with van der Waals surface area (Å²) in [5.74, 6) is 2.20. The highest BCUT2D eigenvalue weighted by Gasteiger charge is 2.33. The van der Waals surface area contributed by atoms with E-state index in [0.29, 0.717) is 17.6 Å². The van der Waals surface area contributed by atoms with Gasteiger partial charge in [0.2, 0.25) is 0 Å². The van der Waals surface area contributed by atoms with Crippen LogP contribution in [0.15, 0.2) is 12.2 Å². The molecule has 0 amide bonds. The molecule has 0 heterocycles. The van der Waals surface area contributed by atoms with Gasteiger partial charge in [0, 0.05) is 12.3 Å². The summed E-state index contributed by atoms with van der Waals surface area (Å²) >= 11 is 0. The standard InChI is InChI=1S/C14H24O/c1-4-5-6-7-13-12(10-11(2)3)8-9-14(13)15/h5-6,11-13H,4,7-10H2,1-3H3/b6-5-/t12-,13-/m0/s1. The smallest absolute Gasteiger partial charge is 0.136 e. The van der Waals surface area contributed by atoms with Crippen LogP contribution in [0.4, 0.5) is 0 Å². The summed E-state index contributed by atoms with van der Waals surface area (Å²) in [6.07, 6.45) is 9.60. The van der Waals surface area contributed by atoms with Gasteiger partial charge in [-0.2, -0.15) is 0 Å². The predicted molar refractivity (Wildman–Crippen MR) is 64.7 cm³/mol. The van der Waals surface area contributed by atoms with Crippen molar-refractivity contribution >= 4 is 5.78 Å². The van der Waals surface area contributed by atoms with Gasteiger partial charge in [-0.25, -0.2) is 0 Å². The lowest BCUT2D eigenvalue weighted by molar-refractivity contribution is -0.121. The molecule has 0 unspecified atom stereocenters. The summed E-state index contributed by atoms with van der Waals surface area (Å²) in [5.41, 5.74) is 0. The molecule has 0 saturated heterocycles. The molecule has 0 aromatic rings. The average molecular weight is 208 g/mol. The van der Waals surface area contributed by atoms with E-state index in [2.05, 4.69) is 32.9 Å². The van der Waals surface area contributed by atoms with Crippen LogP contribution in [0, 0.1) is 17.8 Å². The Morgan fingerprint density at radius 1 is 1.40 bits per heavy atom. The number of rotatable bonds is 5. The lowest BCUT2D eigenvalue weighted by Gasteiger charge is -2.18. The second-order valence-electron chi connectivity index (χ2n) is 5.12.